The van der Waals surface area contributed by atoms with Gasteiger partial charge in [-0.2, -0.15) is 13.2 Å². The predicted molar refractivity (Wildman–Crippen MR) is 71.2 cm³/mol. The van der Waals surface area contributed by atoms with Crippen LogP contribution in [0.2, 0.25) is 0 Å². The Bertz CT molecular complexity index is 686. The van der Waals surface area contributed by atoms with E-state index >= 15 is 0 Å². The Labute approximate surface area is 119 Å². The average Bonchev–Trinajstić information content (AvgIpc) is 2.94. The highest BCUT2D eigenvalue weighted by Gasteiger charge is 2.35. The van der Waals surface area contributed by atoms with Gasteiger partial charge in [-0.05, 0) is 11.6 Å². The van der Waals surface area contributed by atoms with E-state index in [1.165, 1.54) is 13.1 Å². The standard InChI is InChI=1S/C14H12F3N3O/c1-18-11-7-10(19-13(20-11)14(15,16)17)9-4-2-3-8-5-6-21-12(8)9/h2-4,7H,5-6H2,1H3,(H,18,19,20). The largest absolute Gasteiger partial charge is 0.492 e. The molecule has 2 heterocycles. The normalized spacial score (nSPS) is 13.7. The smallest absolute Gasteiger partial charge is 0.451 e. The van der Waals surface area contributed by atoms with Crippen LogP contribution in [0, 0.1) is 0 Å². The average molecular weight is 295 g/mol. The molecular formula is C14H12F3N3O. The van der Waals surface area contributed by atoms with Crippen LogP contribution in [0.4, 0.5) is 19.0 Å². The molecule has 1 aromatic carbocycles. The van der Waals surface area contributed by atoms with Crippen molar-refractivity contribution in [1.29, 1.82) is 0 Å². The molecule has 0 saturated carbocycles. The summed E-state index contributed by atoms with van der Waals surface area (Å²) in [7, 11) is 1.51. The fraction of sp³-hybridized carbons (Fsp3) is 0.286. The van der Waals surface area contributed by atoms with Gasteiger partial charge in [0.2, 0.25) is 5.82 Å². The Kier molecular flexibility index (Phi) is 3.19. The second kappa shape index (κ2) is 4.91. The number of ether oxygens (including phenoxy) is 1. The Hall–Kier alpha value is -2.31. The van der Waals surface area contributed by atoms with Gasteiger partial charge in [-0.1, -0.05) is 12.1 Å². The third-order valence-electron chi connectivity index (χ3n) is 3.23. The number of para-hydroxylation sites is 1. The zero-order chi connectivity index (χ0) is 15.0. The van der Waals surface area contributed by atoms with Crippen LogP contribution in [0.15, 0.2) is 24.3 Å². The van der Waals surface area contributed by atoms with Gasteiger partial charge in [0.15, 0.2) is 0 Å². The van der Waals surface area contributed by atoms with Gasteiger partial charge in [0.25, 0.3) is 0 Å². The first-order chi connectivity index (χ1) is 9.99. The van der Waals surface area contributed by atoms with E-state index in [4.69, 9.17) is 4.74 Å². The summed E-state index contributed by atoms with van der Waals surface area (Å²) in [5, 5.41) is 2.63. The highest BCUT2D eigenvalue weighted by Crippen LogP contribution is 2.37. The number of anilines is 1. The maximum Gasteiger partial charge on any atom is 0.451 e. The highest BCUT2D eigenvalue weighted by molar-refractivity contribution is 5.71. The second-order valence-electron chi connectivity index (χ2n) is 4.60. The van der Waals surface area contributed by atoms with Gasteiger partial charge in [-0.15, -0.1) is 0 Å². The van der Waals surface area contributed by atoms with Crippen molar-refractivity contribution in [3.05, 3.63) is 35.7 Å². The van der Waals surface area contributed by atoms with Crippen molar-refractivity contribution in [1.82, 2.24) is 9.97 Å². The molecule has 1 N–H and O–H groups in total. The minimum atomic E-state index is -4.60. The van der Waals surface area contributed by atoms with E-state index in [1.54, 1.807) is 12.1 Å². The van der Waals surface area contributed by atoms with Gasteiger partial charge in [0.1, 0.15) is 11.6 Å². The molecule has 0 radical (unpaired) electrons. The number of hydrogen-bond donors (Lipinski definition) is 1. The third kappa shape index (κ3) is 2.51. The topological polar surface area (TPSA) is 47.0 Å². The lowest BCUT2D eigenvalue weighted by Crippen LogP contribution is -2.13. The maximum absolute atomic E-state index is 12.9. The van der Waals surface area contributed by atoms with Crippen molar-refractivity contribution in [3.63, 3.8) is 0 Å². The summed E-state index contributed by atoms with van der Waals surface area (Å²) in [5.74, 6) is -0.450. The third-order valence-corrected chi connectivity index (χ3v) is 3.23. The van der Waals surface area contributed by atoms with Gasteiger partial charge in [0, 0.05) is 25.1 Å². The molecule has 4 nitrogen and oxygen atoms in total. The molecule has 0 aliphatic carbocycles. The molecule has 2 aromatic rings. The number of nitrogens with one attached hydrogen (secondary N) is 1. The lowest BCUT2D eigenvalue weighted by Gasteiger charge is -2.12. The number of halogens is 3. The van der Waals surface area contributed by atoms with E-state index in [-0.39, 0.29) is 11.5 Å². The number of alkyl halides is 3. The lowest BCUT2D eigenvalue weighted by atomic mass is 10.1. The van der Waals surface area contributed by atoms with Crippen LogP contribution in [0.25, 0.3) is 11.3 Å². The van der Waals surface area contributed by atoms with Gasteiger partial charge in [-0.3, -0.25) is 0 Å². The zero-order valence-corrected chi connectivity index (χ0v) is 11.2. The van der Waals surface area contributed by atoms with Crippen LogP contribution in [0.1, 0.15) is 11.4 Å². The van der Waals surface area contributed by atoms with Crippen LogP contribution in [0.5, 0.6) is 5.75 Å². The first kappa shape index (κ1) is 13.7. The Morgan fingerprint density at radius 1 is 1.24 bits per heavy atom. The number of rotatable bonds is 2. The van der Waals surface area contributed by atoms with E-state index in [1.807, 2.05) is 6.07 Å². The Balaban J connectivity index is 2.17. The number of fused-ring (bicyclic) bond motifs is 1. The van der Waals surface area contributed by atoms with Crippen LogP contribution in [0.3, 0.4) is 0 Å². The highest BCUT2D eigenvalue weighted by atomic mass is 19.4. The van der Waals surface area contributed by atoms with E-state index in [9.17, 15) is 13.2 Å². The molecule has 3 rings (SSSR count). The van der Waals surface area contributed by atoms with E-state index < -0.39 is 12.0 Å². The summed E-state index contributed by atoms with van der Waals surface area (Å²) in [6, 6.07) is 6.87. The van der Waals surface area contributed by atoms with E-state index in [0.717, 1.165) is 12.0 Å². The molecule has 0 atom stereocenters. The molecule has 0 bridgehead atoms. The lowest BCUT2D eigenvalue weighted by molar-refractivity contribution is -0.144. The molecule has 0 unspecified atom stereocenters. The van der Waals surface area contributed by atoms with Crippen LogP contribution >= 0.6 is 0 Å². The molecule has 0 fully saturated rings. The van der Waals surface area contributed by atoms with E-state index in [0.29, 0.717) is 17.9 Å². The van der Waals surface area contributed by atoms with Gasteiger partial charge in [-0.25, -0.2) is 9.97 Å². The summed E-state index contributed by atoms with van der Waals surface area (Å²) in [6.07, 6.45) is -3.85. The Morgan fingerprint density at radius 2 is 2.05 bits per heavy atom. The van der Waals surface area contributed by atoms with Gasteiger partial charge >= 0.3 is 6.18 Å². The van der Waals surface area contributed by atoms with Crippen LogP contribution in [-0.4, -0.2) is 23.6 Å². The van der Waals surface area contributed by atoms with Crippen molar-refractivity contribution < 1.29 is 17.9 Å². The molecular weight excluding hydrogens is 283 g/mol. The molecule has 1 aliphatic heterocycles. The first-order valence-corrected chi connectivity index (χ1v) is 6.38. The first-order valence-electron chi connectivity index (χ1n) is 6.38. The fourth-order valence-electron chi connectivity index (χ4n) is 2.26. The zero-order valence-electron chi connectivity index (χ0n) is 11.2. The predicted octanol–water partition coefficient (Wildman–Crippen LogP) is 3.14. The number of aromatic nitrogens is 2. The second-order valence-corrected chi connectivity index (χ2v) is 4.60. The minimum absolute atomic E-state index is 0.114. The minimum Gasteiger partial charge on any atom is -0.492 e. The summed E-state index contributed by atoms with van der Waals surface area (Å²) >= 11 is 0. The summed E-state index contributed by atoms with van der Waals surface area (Å²) in [6.45, 7) is 0.530. The van der Waals surface area contributed by atoms with Crippen molar-refractivity contribution in [3.8, 4) is 17.0 Å². The Morgan fingerprint density at radius 3 is 2.76 bits per heavy atom. The SMILES string of the molecule is CNc1cc(-c2cccc3c2OCC3)nc(C(F)(F)F)n1. The number of hydrogen-bond acceptors (Lipinski definition) is 4. The quantitative estimate of drug-likeness (QED) is 0.924. The van der Waals surface area contributed by atoms with Crippen LogP contribution < -0.4 is 10.1 Å². The summed E-state index contributed by atoms with van der Waals surface area (Å²) in [4.78, 5) is 7.10. The molecule has 1 aliphatic rings. The molecule has 7 heteroatoms. The number of nitrogens with zero attached hydrogens (tertiary/aromatic N) is 2. The molecule has 0 amide bonds. The van der Waals surface area contributed by atoms with Crippen molar-refractivity contribution >= 4 is 5.82 Å². The van der Waals surface area contributed by atoms with Crippen molar-refractivity contribution in [2.75, 3.05) is 19.0 Å². The molecule has 0 saturated heterocycles. The van der Waals surface area contributed by atoms with Crippen molar-refractivity contribution in [2.45, 2.75) is 12.6 Å². The van der Waals surface area contributed by atoms with E-state index in [2.05, 4.69) is 15.3 Å². The fourth-order valence-corrected chi connectivity index (χ4v) is 2.26. The summed E-state index contributed by atoms with van der Waals surface area (Å²) in [5.41, 5.74) is 1.72. The molecule has 0 spiro atoms. The van der Waals surface area contributed by atoms with Gasteiger partial charge < -0.3 is 10.1 Å². The van der Waals surface area contributed by atoms with Crippen molar-refractivity contribution in [2.24, 2.45) is 0 Å². The number of benzene rings is 1. The summed E-state index contributed by atoms with van der Waals surface area (Å²) < 4.78 is 44.2. The molecule has 1 aromatic heterocycles. The maximum atomic E-state index is 12.9. The molecule has 21 heavy (non-hydrogen) atoms. The van der Waals surface area contributed by atoms with Crippen LogP contribution in [-0.2, 0) is 12.6 Å². The van der Waals surface area contributed by atoms with Gasteiger partial charge in [0.05, 0.1) is 12.3 Å². The molecule has 110 valence electrons. The monoisotopic (exact) mass is 295 g/mol.